The molecule has 0 spiro atoms. The quantitative estimate of drug-likeness (QED) is 0.516. The van der Waals surface area contributed by atoms with Crippen molar-refractivity contribution >= 4 is 17.6 Å². The molecule has 0 aromatic heterocycles. The molecule has 0 N–H and O–H groups in total. The van der Waals surface area contributed by atoms with Crippen molar-refractivity contribution in [2.45, 2.75) is 65.3 Å². The normalized spacial score (nSPS) is 20.9. The van der Waals surface area contributed by atoms with Crippen molar-refractivity contribution in [3.05, 3.63) is 64.7 Å². The Morgan fingerprint density at radius 3 is 2.03 bits per heavy atom. The van der Waals surface area contributed by atoms with E-state index in [4.69, 9.17) is 25.8 Å². The molecule has 1 unspecified atom stereocenters. The van der Waals surface area contributed by atoms with Crippen LogP contribution in [-0.2, 0) is 19.9 Å². The number of benzene rings is 2. The van der Waals surface area contributed by atoms with Gasteiger partial charge in [-0.2, -0.15) is 0 Å². The van der Waals surface area contributed by atoms with E-state index in [0.717, 1.165) is 17.5 Å². The number of hydrogen-bond acceptors (Lipinski definition) is 4. The molecule has 4 nitrogen and oxygen atoms in total. The molecule has 1 aliphatic rings. The molecule has 0 amide bonds. The highest BCUT2D eigenvalue weighted by molar-refractivity contribution is 6.30. The van der Waals surface area contributed by atoms with Crippen molar-refractivity contribution in [3.8, 4) is 5.75 Å². The van der Waals surface area contributed by atoms with E-state index in [-0.39, 0.29) is 17.5 Å². The fraction of sp³-hybridized carbons (Fsp3) is 0.480. The molecule has 1 saturated heterocycles. The van der Waals surface area contributed by atoms with Crippen LogP contribution in [0.2, 0.25) is 5.02 Å². The maximum atomic E-state index is 12.3. The van der Waals surface area contributed by atoms with E-state index in [9.17, 15) is 4.79 Å². The number of esters is 1. The van der Waals surface area contributed by atoms with Gasteiger partial charge in [0.1, 0.15) is 11.4 Å². The molecule has 30 heavy (non-hydrogen) atoms. The first-order chi connectivity index (χ1) is 13.9. The van der Waals surface area contributed by atoms with Gasteiger partial charge in [0.25, 0.3) is 0 Å². The average Bonchev–Trinajstić information content (AvgIpc) is 2.99. The van der Waals surface area contributed by atoms with Crippen molar-refractivity contribution in [1.29, 1.82) is 0 Å². The summed E-state index contributed by atoms with van der Waals surface area (Å²) in [5, 5.41) is 0.699. The SMILES string of the molecule is CC(C)OC(=O)C(C)(C)Oc1ccc(C2(c3ccc(Cl)cc3)CC(C)(C)CO2)cc1. The van der Waals surface area contributed by atoms with E-state index >= 15 is 0 Å². The number of rotatable bonds is 6. The predicted octanol–water partition coefficient (Wildman–Crippen LogP) is 6.14. The Hall–Kier alpha value is -2.04. The van der Waals surface area contributed by atoms with Gasteiger partial charge >= 0.3 is 5.97 Å². The third-order valence-corrected chi connectivity index (χ3v) is 5.53. The van der Waals surface area contributed by atoms with Gasteiger partial charge in [0, 0.05) is 5.02 Å². The zero-order chi connectivity index (χ0) is 22.2. The molecular formula is C25H31ClO4. The van der Waals surface area contributed by atoms with Crippen LogP contribution >= 0.6 is 11.6 Å². The van der Waals surface area contributed by atoms with Gasteiger partial charge < -0.3 is 14.2 Å². The average molecular weight is 431 g/mol. The molecule has 3 rings (SSSR count). The van der Waals surface area contributed by atoms with Crippen molar-refractivity contribution < 1.29 is 19.0 Å². The van der Waals surface area contributed by atoms with Gasteiger partial charge in [-0.05, 0) is 74.9 Å². The molecule has 1 heterocycles. The topological polar surface area (TPSA) is 44.8 Å². The monoisotopic (exact) mass is 430 g/mol. The first kappa shape index (κ1) is 22.6. The zero-order valence-electron chi connectivity index (χ0n) is 18.6. The van der Waals surface area contributed by atoms with Gasteiger partial charge in [0.05, 0.1) is 12.7 Å². The molecule has 1 atom stereocenters. The van der Waals surface area contributed by atoms with Crippen LogP contribution in [0.25, 0.3) is 0 Å². The lowest BCUT2D eigenvalue weighted by atomic mass is 9.77. The van der Waals surface area contributed by atoms with E-state index in [2.05, 4.69) is 13.8 Å². The summed E-state index contributed by atoms with van der Waals surface area (Å²) in [6.45, 7) is 12.2. The van der Waals surface area contributed by atoms with Gasteiger partial charge in [-0.1, -0.05) is 49.7 Å². The lowest BCUT2D eigenvalue weighted by Gasteiger charge is -2.31. The van der Waals surface area contributed by atoms with Gasteiger partial charge in [0.15, 0.2) is 5.60 Å². The molecule has 1 aliphatic heterocycles. The summed E-state index contributed by atoms with van der Waals surface area (Å²) in [7, 11) is 0. The van der Waals surface area contributed by atoms with E-state index < -0.39 is 11.2 Å². The second kappa shape index (κ2) is 8.24. The summed E-state index contributed by atoms with van der Waals surface area (Å²) in [6, 6.07) is 15.6. The van der Waals surface area contributed by atoms with Crippen LogP contribution in [-0.4, -0.2) is 24.3 Å². The molecule has 2 aromatic rings. The molecule has 0 saturated carbocycles. The first-order valence-corrected chi connectivity index (χ1v) is 10.7. The Bertz CT molecular complexity index is 884. The smallest absolute Gasteiger partial charge is 0.350 e. The van der Waals surface area contributed by atoms with Crippen molar-refractivity contribution in [1.82, 2.24) is 0 Å². The third kappa shape index (κ3) is 4.81. The van der Waals surface area contributed by atoms with Crippen LogP contribution in [0.15, 0.2) is 48.5 Å². The van der Waals surface area contributed by atoms with E-state index in [0.29, 0.717) is 17.4 Å². The van der Waals surface area contributed by atoms with E-state index in [1.807, 2.05) is 62.4 Å². The van der Waals surface area contributed by atoms with Crippen LogP contribution in [0.5, 0.6) is 5.75 Å². The molecule has 5 heteroatoms. The Kier molecular flexibility index (Phi) is 6.22. The number of ether oxygens (including phenoxy) is 3. The minimum Gasteiger partial charge on any atom is -0.476 e. The van der Waals surface area contributed by atoms with Gasteiger partial charge in [-0.15, -0.1) is 0 Å². The maximum Gasteiger partial charge on any atom is 0.350 e. The third-order valence-electron chi connectivity index (χ3n) is 5.28. The maximum absolute atomic E-state index is 12.3. The fourth-order valence-corrected chi connectivity index (χ4v) is 3.96. The molecule has 0 aliphatic carbocycles. The predicted molar refractivity (Wildman–Crippen MR) is 119 cm³/mol. The van der Waals surface area contributed by atoms with Crippen molar-refractivity contribution in [2.24, 2.45) is 5.41 Å². The highest BCUT2D eigenvalue weighted by atomic mass is 35.5. The highest BCUT2D eigenvalue weighted by Gasteiger charge is 2.47. The largest absolute Gasteiger partial charge is 0.476 e. The van der Waals surface area contributed by atoms with E-state index in [1.54, 1.807) is 13.8 Å². The molecule has 2 aromatic carbocycles. The van der Waals surface area contributed by atoms with Crippen LogP contribution in [0.4, 0.5) is 0 Å². The number of halogens is 1. The fourth-order valence-electron chi connectivity index (χ4n) is 3.84. The summed E-state index contributed by atoms with van der Waals surface area (Å²) in [4.78, 5) is 12.3. The molecule has 0 bridgehead atoms. The Morgan fingerprint density at radius 2 is 1.57 bits per heavy atom. The van der Waals surface area contributed by atoms with Gasteiger partial charge in [-0.3, -0.25) is 0 Å². The number of hydrogen-bond donors (Lipinski definition) is 0. The second-order valence-electron chi connectivity index (χ2n) is 9.55. The molecule has 162 valence electrons. The van der Waals surface area contributed by atoms with Crippen molar-refractivity contribution in [3.63, 3.8) is 0 Å². The Balaban J connectivity index is 1.88. The minimum absolute atomic E-state index is 0.0530. The summed E-state index contributed by atoms with van der Waals surface area (Å²) in [5.41, 5.74) is 0.555. The Labute approximate surface area is 184 Å². The van der Waals surface area contributed by atoms with Crippen molar-refractivity contribution in [2.75, 3.05) is 6.61 Å². The van der Waals surface area contributed by atoms with Gasteiger partial charge in [-0.25, -0.2) is 4.79 Å². The minimum atomic E-state index is -1.08. The summed E-state index contributed by atoms with van der Waals surface area (Å²) >= 11 is 6.11. The number of carbonyl (C=O) groups is 1. The Morgan fingerprint density at radius 1 is 1.03 bits per heavy atom. The zero-order valence-corrected chi connectivity index (χ0v) is 19.4. The number of carbonyl (C=O) groups excluding carboxylic acids is 1. The first-order valence-electron chi connectivity index (χ1n) is 10.3. The lowest BCUT2D eigenvalue weighted by molar-refractivity contribution is -0.163. The lowest BCUT2D eigenvalue weighted by Crippen LogP contribution is -2.40. The van der Waals surface area contributed by atoms with Crippen LogP contribution < -0.4 is 4.74 Å². The second-order valence-corrected chi connectivity index (χ2v) is 9.99. The standard InChI is InChI=1S/C25H31ClO4/c1-17(2)29-22(27)24(5,6)30-21-13-9-19(10-14-21)25(15-23(3,4)16-28-25)18-7-11-20(26)12-8-18/h7-14,17H,15-16H2,1-6H3. The summed E-state index contributed by atoms with van der Waals surface area (Å²) < 4.78 is 17.7. The molecular weight excluding hydrogens is 400 g/mol. The highest BCUT2D eigenvalue weighted by Crippen LogP contribution is 2.49. The van der Waals surface area contributed by atoms with Gasteiger partial charge in [0.2, 0.25) is 0 Å². The van der Waals surface area contributed by atoms with Crippen LogP contribution in [0.3, 0.4) is 0 Å². The summed E-state index contributed by atoms with van der Waals surface area (Å²) in [6.07, 6.45) is 0.665. The van der Waals surface area contributed by atoms with Crippen LogP contribution in [0, 0.1) is 5.41 Å². The molecule has 0 radical (unpaired) electrons. The van der Waals surface area contributed by atoms with Crippen LogP contribution in [0.1, 0.15) is 59.1 Å². The summed E-state index contributed by atoms with van der Waals surface area (Å²) in [5.74, 6) is 0.216. The van der Waals surface area contributed by atoms with E-state index in [1.165, 1.54) is 0 Å². The molecule has 1 fully saturated rings.